The van der Waals surface area contributed by atoms with Crippen molar-refractivity contribution in [1.29, 1.82) is 0 Å². The van der Waals surface area contributed by atoms with E-state index >= 15 is 0 Å². The van der Waals surface area contributed by atoms with Gasteiger partial charge in [-0.15, -0.1) is 0 Å². The summed E-state index contributed by atoms with van der Waals surface area (Å²) in [6.45, 7) is 2.89. The van der Waals surface area contributed by atoms with Crippen LogP contribution in [0.4, 0.5) is 5.69 Å². The molecule has 0 unspecified atom stereocenters. The molecule has 0 bridgehead atoms. The summed E-state index contributed by atoms with van der Waals surface area (Å²) >= 11 is 0. The van der Waals surface area contributed by atoms with Crippen molar-refractivity contribution in [3.8, 4) is 11.5 Å². The van der Waals surface area contributed by atoms with Gasteiger partial charge < -0.3 is 9.26 Å². The molecule has 2 heterocycles. The summed E-state index contributed by atoms with van der Waals surface area (Å²) in [5, 5.41) is 11.4. The van der Waals surface area contributed by atoms with E-state index in [1.165, 1.54) is 42.5 Å². The predicted octanol–water partition coefficient (Wildman–Crippen LogP) is 3.05. The third-order valence-electron chi connectivity index (χ3n) is 4.64. The van der Waals surface area contributed by atoms with E-state index in [0.717, 1.165) is 32.4 Å². The number of ether oxygens (including phenoxy) is 1. The highest BCUT2D eigenvalue weighted by atomic mass is 32.2. The molecule has 0 amide bonds. The molecule has 30 heavy (non-hydrogen) atoms. The molecule has 4 rings (SSSR count). The number of nitrogens with zero attached hydrogens (tertiary/aromatic N) is 3. The van der Waals surface area contributed by atoms with Gasteiger partial charge in [0, 0.05) is 38.5 Å². The first kappa shape index (κ1) is 21.0. The summed E-state index contributed by atoms with van der Waals surface area (Å²) in [7, 11) is -6.47. The number of nitro benzene ring substituents is 1. The fourth-order valence-corrected chi connectivity index (χ4v) is 5.72. The summed E-state index contributed by atoms with van der Waals surface area (Å²) in [5.74, 6) is 0.0954. The average molecular weight is 453 g/mol. The summed E-state index contributed by atoms with van der Waals surface area (Å²) in [4.78, 5) is 10.9. The van der Waals surface area contributed by atoms with Crippen molar-refractivity contribution in [2.45, 2.75) is 11.5 Å². The van der Waals surface area contributed by atoms with Crippen molar-refractivity contribution in [2.24, 2.45) is 0 Å². The molecular formula is C18H20N3O7PS. The first-order valence-electron chi connectivity index (χ1n) is 9.17. The Hall–Kier alpha value is -2.30. The Bertz CT molecular complexity index is 1130. The summed E-state index contributed by atoms with van der Waals surface area (Å²) < 4.78 is 51.5. The number of hydrogen-bond donors (Lipinski definition) is 0. The van der Waals surface area contributed by atoms with Crippen molar-refractivity contribution in [1.82, 2.24) is 9.34 Å². The molecule has 2 aliphatic rings. The second kappa shape index (κ2) is 7.75. The molecule has 0 spiro atoms. The molecule has 10 nitrogen and oxygen atoms in total. The van der Waals surface area contributed by atoms with Crippen LogP contribution in [0.3, 0.4) is 0 Å². The Balaban J connectivity index is 1.57. The van der Waals surface area contributed by atoms with Gasteiger partial charge in [-0.1, -0.05) is 6.07 Å². The van der Waals surface area contributed by atoms with Gasteiger partial charge in [-0.05, 0) is 35.9 Å². The number of nitro groups is 1. The monoisotopic (exact) mass is 453 g/mol. The van der Waals surface area contributed by atoms with Gasteiger partial charge in [0.05, 0.1) is 16.4 Å². The van der Waals surface area contributed by atoms with Crippen LogP contribution in [0, 0.1) is 10.1 Å². The molecule has 0 saturated carbocycles. The average Bonchev–Trinajstić information content (AvgIpc) is 3.56. The number of sulfone groups is 1. The van der Waals surface area contributed by atoms with E-state index in [2.05, 4.69) is 0 Å². The minimum Gasteiger partial charge on any atom is -0.450 e. The smallest absolute Gasteiger partial charge is 0.346 e. The fourth-order valence-electron chi connectivity index (χ4n) is 2.87. The second-order valence-electron chi connectivity index (χ2n) is 7.08. The van der Waals surface area contributed by atoms with Crippen LogP contribution in [0.25, 0.3) is 0 Å². The molecule has 2 aromatic rings. The van der Waals surface area contributed by atoms with Gasteiger partial charge in [-0.2, -0.15) is 0 Å². The van der Waals surface area contributed by atoms with Gasteiger partial charge in [0.15, 0.2) is 9.84 Å². The van der Waals surface area contributed by atoms with Crippen molar-refractivity contribution >= 4 is 23.2 Å². The number of benzene rings is 2. The third-order valence-corrected chi connectivity index (χ3v) is 8.45. The molecule has 0 N–H and O–H groups in total. The van der Waals surface area contributed by atoms with Gasteiger partial charge in [0.1, 0.15) is 5.75 Å². The van der Waals surface area contributed by atoms with Crippen molar-refractivity contribution in [2.75, 3.05) is 32.4 Å². The molecular weight excluding hydrogens is 433 g/mol. The van der Waals surface area contributed by atoms with Gasteiger partial charge >= 0.3 is 13.4 Å². The van der Waals surface area contributed by atoms with Gasteiger partial charge in [-0.25, -0.2) is 17.8 Å². The molecule has 0 aromatic heterocycles. The van der Waals surface area contributed by atoms with Crippen molar-refractivity contribution in [3.05, 3.63) is 58.1 Å². The van der Waals surface area contributed by atoms with E-state index in [0.29, 0.717) is 5.56 Å². The lowest BCUT2D eigenvalue weighted by Crippen LogP contribution is -2.08. The highest BCUT2D eigenvalue weighted by Crippen LogP contribution is 2.61. The highest BCUT2D eigenvalue weighted by molar-refractivity contribution is 7.90. The third kappa shape index (κ3) is 4.55. The van der Waals surface area contributed by atoms with Crippen LogP contribution in [0.15, 0.2) is 47.4 Å². The molecule has 2 aliphatic heterocycles. The van der Waals surface area contributed by atoms with Crippen molar-refractivity contribution in [3.63, 3.8) is 0 Å². The predicted molar refractivity (Wildman–Crippen MR) is 108 cm³/mol. The lowest BCUT2D eigenvalue weighted by Gasteiger charge is -2.19. The van der Waals surface area contributed by atoms with E-state index in [4.69, 9.17) is 9.26 Å². The first-order chi connectivity index (χ1) is 14.2. The molecule has 12 heteroatoms. The van der Waals surface area contributed by atoms with Crippen LogP contribution in [0.2, 0.25) is 0 Å². The zero-order valence-electron chi connectivity index (χ0n) is 16.1. The lowest BCUT2D eigenvalue weighted by molar-refractivity contribution is -0.385. The van der Waals surface area contributed by atoms with E-state index in [9.17, 15) is 23.1 Å². The van der Waals surface area contributed by atoms with Crippen LogP contribution in [-0.4, -0.2) is 55.1 Å². The molecule has 2 aromatic carbocycles. The Morgan fingerprint density at radius 3 is 2.33 bits per heavy atom. The maximum Gasteiger partial charge on any atom is 0.346 e. The maximum absolute atomic E-state index is 13.0. The molecule has 2 fully saturated rings. The standard InChI is InChI=1S/C18H20N3O7PS/c1-30(25,26)16-4-2-3-15(12-16)28-18-11-14(5-6-17(18)21(22)23)13-27-29(24,19-7-8-19)20-9-10-20/h2-6,11-12H,7-10,13H2,1H3. The van der Waals surface area contributed by atoms with E-state index < -0.39 is 22.4 Å². The van der Waals surface area contributed by atoms with Gasteiger partial charge in [0.2, 0.25) is 5.75 Å². The zero-order valence-corrected chi connectivity index (χ0v) is 17.8. The van der Waals surface area contributed by atoms with E-state index in [1.807, 2.05) is 0 Å². The van der Waals surface area contributed by atoms with Crippen LogP contribution in [-0.2, 0) is 25.5 Å². The largest absolute Gasteiger partial charge is 0.450 e. The molecule has 0 radical (unpaired) electrons. The summed E-state index contributed by atoms with van der Waals surface area (Å²) in [6.07, 6.45) is 1.07. The Kier molecular flexibility index (Phi) is 5.41. The highest BCUT2D eigenvalue weighted by Gasteiger charge is 2.49. The van der Waals surface area contributed by atoms with Gasteiger partial charge in [0.25, 0.3) is 0 Å². The van der Waals surface area contributed by atoms with Gasteiger partial charge in [-0.3, -0.25) is 14.7 Å². The minimum atomic E-state index is -3.46. The number of hydrogen-bond acceptors (Lipinski definition) is 7. The van der Waals surface area contributed by atoms with Crippen molar-refractivity contribution < 1.29 is 27.2 Å². The van der Waals surface area contributed by atoms with Crippen LogP contribution in [0.5, 0.6) is 11.5 Å². The minimum absolute atomic E-state index is 0.00200. The van der Waals surface area contributed by atoms with Crippen LogP contribution < -0.4 is 4.74 Å². The molecule has 0 aliphatic carbocycles. The first-order valence-corrected chi connectivity index (χ1v) is 12.6. The van der Waals surface area contributed by atoms with Crippen LogP contribution in [0.1, 0.15) is 5.56 Å². The van der Waals surface area contributed by atoms with Crippen LogP contribution >= 0.6 is 7.67 Å². The second-order valence-corrected chi connectivity index (χ2v) is 11.5. The van der Waals surface area contributed by atoms with E-state index in [-0.39, 0.29) is 28.7 Å². The zero-order chi connectivity index (χ0) is 21.5. The Morgan fingerprint density at radius 1 is 1.10 bits per heavy atom. The maximum atomic E-state index is 13.0. The summed E-state index contributed by atoms with van der Waals surface area (Å²) in [6, 6.07) is 9.97. The molecule has 2 saturated heterocycles. The quantitative estimate of drug-likeness (QED) is 0.244. The molecule has 160 valence electrons. The SMILES string of the molecule is CS(=O)(=O)c1cccc(Oc2cc(COP(=O)(N3CC3)N3CC3)ccc2[N+](=O)[O-])c1. The normalized spacial score (nSPS) is 17.0. The number of rotatable bonds is 9. The lowest BCUT2D eigenvalue weighted by atomic mass is 10.2. The van der Waals surface area contributed by atoms with E-state index in [1.54, 1.807) is 9.34 Å². The Morgan fingerprint density at radius 2 is 1.77 bits per heavy atom. The fraction of sp³-hybridized carbons (Fsp3) is 0.333. The molecule has 0 atom stereocenters. The summed E-state index contributed by atoms with van der Waals surface area (Å²) in [5.41, 5.74) is 0.280. The Labute approximate surface area is 173 Å². The topological polar surface area (TPSA) is 119 Å².